The first-order valence-corrected chi connectivity index (χ1v) is 8.64. The van der Waals surface area contributed by atoms with Gasteiger partial charge in [-0.1, -0.05) is 17.7 Å². The molecule has 0 aromatic heterocycles. The van der Waals surface area contributed by atoms with E-state index in [2.05, 4.69) is 23.3 Å². The molecule has 0 bridgehead atoms. The van der Waals surface area contributed by atoms with Gasteiger partial charge in [0.05, 0.1) is 13.2 Å². The topological polar surface area (TPSA) is 68.9 Å². The van der Waals surface area contributed by atoms with Crippen LogP contribution in [0.1, 0.15) is 30.5 Å². The number of nitrogens with one attached hydrogen (secondary N) is 1. The Hall–Kier alpha value is -1.96. The maximum Gasteiger partial charge on any atom is 0.193 e. The van der Waals surface area contributed by atoms with Gasteiger partial charge in [0.2, 0.25) is 0 Å². The second kappa shape index (κ2) is 9.12. The largest absolute Gasteiger partial charge is 0.494 e. The lowest BCUT2D eigenvalue weighted by molar-refractivity contribution is 0.254. The average molecular weight is 467 g/mol. The van der Waals surface area contributed by atoms with Gasteiger partial charge in [0, 0.05) is 23.2 Å². The number of ether oxygens (including phenoxy) is 2. The standard InChI is InChI=1S/C20H25N3O2.HI/c1-4-24-18-10-15-9-14(3)25-19(15)11-16(18)12-22-20(21)23-17-7-5-13(2)6-8-17;/h5-8,10-11,14H,4,9,12H2,1-3H3,(H3,21,22,23);1H. The zero-order valence-electron chi connectivity index (χ0n) is 15.4. The zero-order valence-corrected chi connectivity index (χ0v) is 17.7. The summed E-state index contributed by atoms with van der Waals surface area (Å²) in [5.74, 6) is 2.15. The number of hydrogen-bond acceptors (Lipinski definition) is 3. The smallest absolute Gasteiger partial charge is 0.193 e. The monoisotopic (exact) mass is 467 g/mol. The third-order valence-electron chi connectivity index (χ3n) is 4.12. The number of benzene rings is 2. The molecular formula is C20H26IN3O2. The first kappa shape index (κ1) is 20.4. The van der Waals surface area contributed by atoms with Crippen LogP contribution in [0.15, 0.2) is 41.4 Å². The van der Waals surface area contributed by atoms with E-state index in [4.69, 9.17) is 15.2 Å². The molecule has 1 heterocycles. The van der Waals surface area contributed by atoms with E-state index >= 15 is 0 Å². The van der Waals surface area contributed by atoms with Crippen LogP contribution in [0.3, 0.4) is 0 Å². The van der Waals surface area contributed by atoms with E-state index in [0.717, 1.165) is 29.2 Å². The van der Waals surface area contributed by atoms with Crippen molar-refractivity contribution < 1.29 is 9.47 Å². The summed E-state index contributed by atoms with van der Waals surface area (Å²) >= 11 is 0. The normalized spacial score (nSPS) is 15.7. The van der Waals surface area contributed by atoms with Gasteiger partial charge in [0.1, 0.15) is 17.6 Å². The molecule has 140 valence electrons. The van der Waals surface area contributed by atoms with Gasteiger partial charge in [-0.15, -0.1) is 24.0 Å². The molecule has 0 amide bonds. The number of halogens is 1. The molecule has 2 aromatic carbocycles. The Labute approximate surface area is 172 Å². The fourth-order valence-corrected chi connectivity index (χ4v) is 2.89. The fraction of sp³-hybridized carbons (Fsp3) is 0.350. The summed E-state index contributed by atoms with van der Waals surface area (Å²) in [7, 11) is 0. The Morgan fingerprint density at radius 3 is 2.73 bits per heavy atom. The predicted molar refractivity (Wildman–Crippen MR) is 117 cm³/mol. The molecular weight excluding hydrogens is 441 g/mol. The first-order chi connectivity index (χ1) is 12.0. The molecule has 1 aliphatic rings. The molecule has 6 heteroatoms. The highest BCUT2D eigenvalue weighted by Crippen LogP contribution is 2.35. The Balaban J connectivity index is 0.00000243. The lowest BCUT2D eigenvalue weighted by Gasteiger charge is -2.12. The highest BCUT2D eigenvalue weighted by molar-refractivity contribution is 14.0. The Kier molecular flexibility index (Phi) is 7.14. The first-order valence-electron chi connectivity index (χ1n) is 8.64. The summed E-state index contributed by atoms with van der Waals surface area (Å²) in [4.78, 5) is 4.45. The predicted octanol–water partition coefficient (Wildman–Crippen LogP) is 4.26. The molecule has 3 N–H and O–H groups in total. The van der Waals surface area contributed by atoms with E-state index in [-0.39, 0.29) is 30.1 Å². The van der Waals surface area contributed by atoms with E-state index in [9.17, 15) is 0 Å². The van der Waals surface area contributed by atoms with Gasteiger partial charge in [-0.05, 0) is 45.0 Å². The molecule has 0 saturated heterocycles. The van der Waals surface area contributed by atoms with Gasteiger partial charge in [-0.25, -0.2) is 4.99 Å². The van der Waals surface area contributed by atoms with Crippen molar-refractivity contribution in [1.82, 2.24) is 0 Å². The van der Waals surface area contributed by atoms with E-state index in [0.29, 0.717) is 19.1 Å². The highest BCUT2D eigenvalue weighted by atomic mass is 127. The zero-order chi connectivity index (χ0) is 17.8. The molecule has 0 fully saturated rings. The molecule has 0 radical (unpaired) electrons. The number of aliphatic imine (C=N–C) groups is 1. The number of anilines is 1. The second-order valence-corrected chi connectivity index (χ2v) is 6.33. The number of guanidine groups is 1. The van der Waals surface area contributed by atoms with Crippen LogP contribution in [0.25, 0.3) is 0 Å². The van der Waals surface area contributed by atoms with Crippen LogP contribution in [0, 0.1) is 6.92 Å². The summed E-state index contributed by atoms with van der Waals surface area (Å²) in [6, 6.07) is 12.1. The molecule has 3 rings (SSSR count). The van der Waals surface area contributed by atoms with Crippen molar-refractivity contribution in [3.05, 3.63) is 53.1 Å². The average Bonchev–Trinajstić information content (AvgIpc) is 2.94. The van der Waals surface area contributed by atoms with Crippen LogP contribution in [0.5, 0.6) is 11.5 Å². The summed E-state index contributed by atoms with van der Waals surface area (Å²) in [6.07, 6.45) is 1.12. The van der Waals surface area contributed by atoms with Crippen molar-refractivity contribution >= 4 is 35.6 Å². The highest BCUT2D eigenvalue weighted by Gasteiger charge is 2.21. The van der Waals surface area contributed by atoms with Gasteiger partial charge in [0.25, 0.3) is 0 Å². The molecule has 0 spiro atoms. The van der Waals surface area contributed by atoms with Crippen molar-refractivity contribution in [2.24, 2.45) is 10.7 Å². The summed E-state index contributed by atoms with van der Waals surface area (Å²) in [5.41, 5.74) is 10.3. The molecule has 1 aliphatic heterocycles. The van der Waals surface area contributed by atoms with Crippen molar-refractivity contribution in [2.75, 3.05) is 11.9 Å². The Morgan fingerprint density at radius 1 is 1.31 bits per heavy atom. The third-order valence-corrected chi connectivity index (χ3v) is 4.12. The molecule has 1 unspecified atom stereocenters. The molecule has 0 saturated carbocycles. The lowest BCUT2D eigenvalue weighted by Crippen LogP contribution is -2.22. The molecule has 5 nitrogen and oxygen atoms in total. The number of nitrogens with two attached hydrogens (primary N) is 1. The van der Waals surface area contributed by atoms with Gasteiger partial charge < -0.3 is 20.5 Å². The Morgan fingerprint density at radius 2 is 2.04 bits per heavy atom. The van der Waals surface area contributed by atoms with Crippen LogP contribution in [-0.4, -0.2) is 18.7 Å². The minimum atomic E-state index is 0. The van der Waals surface area contributed by atoms with Crippen LogP contribution >= 0.6 is 24.0 Å². The molecule has 2 aromatic rings. The minimum absolute atomic E-state index is 0. The quantitative estimate of drug-likeness (QED) is 0.392. The number of aryl methyl sites for hydroxylation is 1. The van der Waals surface area contributed by atoms with Crippen molar-refractivity contribution in [2.45, 2.75) is 39.8 Å². The molecule has 1 atom stereocenters. The number of nitrogens with zero attached hydrogens (tertiary/aromatic N) is 1. The van der Waals surface area contributed by atoms with Crippen molar-refractivity contribution in [3.63, 3.8) is 0 Å². The van der Waals surface area contributed by atoms with Gasteiger partial charge in [-0.3, -0.25) is 0 Å². The fourth-order valence-electron chi connectivity index (χ4n) is 2.89. The van der Waals surface area contributed by atoms with Crippen LogP contribution in [-0.2, 0) is 13.0 Å². The maximum atomic E-state index is 6.02. The minimum Gasteiger partial charge on any atom is -0.494 e. The lowest BCUT2D eigenvalue weighted by atomic mass is 10.1. The SMILES string of the molecule is CCOc1cc2c(cc1CN=C(N)Nc1ccc(C)cc1)OC(C)C2.I. The second-order valence-electron chi connectivity index (χ2n) is 6.33. The molecule has 0 aliphatic carbocycles. The van der Waals surface area contributed by atoms with Crippen molar-refractivity contribution in [1.29, 1.82) is 0 Å². The molecule has 26 heavy (non-hydrogen) atoms. The van der Waals surface area contributed by atoms with Crippen molar-refractivity contribution in [3.8, 4) is 11.5 Å². The summed E-state index contributed by atoms with van der Waals surface area (Å²) in [5, 5.41) is 3.11. The van der Waals surface area contributed by atoms with E-state index in [1.807, 2.05) is 44.2 Å². The number of hydrogen-bond donors (Lipinski definition) is 2. The van der Waals surface area contributed by atoms with Crippen LogP contribution < -0.4 is 20.5 Å². The maximum absolute atomic E-state index is 6.02. The summed E-state index contributed by atoms with van der Waals surface area (Å²) in [6.45, 7) is 7.15. The Bertz CT molecular complexity index is 775. The summed E-state index contributed by atoms with van der Waals surface area (Å²) < 4.78 is 11.6. The van der Waals surface area contributed by atoms with E-state index in [1.54, 1.807) is 0 Å². The number of rotatable bonds is 5. The number of fused-ring (bicyclic) bond motifs is 1. The van der Waals surface area contributed by atoms with Crippen LogP contribution in [0.2, 0.25) is 0 Å². The van der Waals surface area contributed by atoms with E-state index < -0.39 is 0 Å². The van der Waals surface area contributed by atoms with E-state index in [1.165, 1.54) is 11.1 Å². The van der Waals surface area contributed by atoms with Crippen LogP contribution in [0.4, 0.5) is 5.69 Å². The third kappa shape index (κ3) is 5.03. The van der Waals surface area contributed by atoms with Gasteiger partial charge >= 0.3 is 0 Å². The van der Waals surface area contributed by atoms with Gasteiger partial charge in [-0.2, -0.15) is 0 Å². The van der Waals surface area contributed by atoms with Gasteiger partial charge in [0.15, 0.2) is 5.96 Å².